The van der Waals surface area contributed by atoms with Gasteiger partial charge in [0, 0.05) is 13.1 Å². The van der Waals surface area contributed by atoms with Crippen molar-refractivity contribution in [3.05, 3.63) is 0 Å². The van der Waals surface area contributed by atoms with Crippen LogP contribution in [0.1, 0.15) is 20.8 Å². The van der Waals surface area contributed by atoms with E-state index in [1.54, 1.807) is 20.8 Å². The Morgan fingerprint density at radius 1 is 1.40 bits per heavy atom. The molecular formula is C8H18N2O4S. The molecule has 0 aromatic rings. The van der Waals surface area contributed by atoms with E-state index in [2.05, 4.69) is 10.0 Å². The van der Waals surface area contributed by atoms with Gasteiger partial charge >= 0.3 is 6.09 Å². The fourth-order valence-corrected chi connectivity index (χ4v) is 1.79. The molecular weight excluding hydrogens is 220 g/mol. The Hall–Kier alpha value is -0.820. The molecule has 0 spiro atoms. The van der Waals surface area contributed by atoms with Crippen LogP contribution in [0.3, 0.4) is 0 Å². The molecule has 0 radical (unpaired) electrons. The summed E-state index contributed by atoms with van der Waals surface area (Å²) in [7, 11) is -3.28. The van der Waals surface area contributed by atoms with Crippen molar-refractivity contribution >= 4 is 16.1 Å². The first-order valence-electron chi connectivity index (χ1n) is 4.79. The Morgan fingerprint density at radius 3 is 2.47 bits per heavy atom. The van der Waals surface area contributed by atoms with Crippen molar-refractivity contribution in [1.29, 1.82) is 0 Å². The zero-order chi connectivity index (χ0) is 11.9. The van der Waals surface area contributed by atoms with Crippen molar-refractivity contribution in [2.45, 2.75) is 26.9 Å². The van der Waals surface area contributed by atoms with Crippen molar-refractivity contribution in [2.24, 2.45) is 0 Å². The third kappa shape index (κ3) is 8.19. The summed E-state index contributed by atoms with van der Waals surface area (Å²) >= 11 is 0. The maximum Gasteiger partial charge on any atom is 0.407 e. The topological polar surface area (TPSA) is 84.5 Å². The van der Waals surface area contributed by atoms with Gasteiger partial charge in [-0.3, -0.25) is 0 Å². The fourth-order valence-electron chi connectivity index (χ4n) is 0.835. The Labute approximate surface area is 90.4 Å². The van der Waals surface area contributed by atoms with E-state index in [4.69, 9.17) is 4.74 Å². The molecule has 2 N–H and O–H groups in total. The normalized spacial score (nSPS) is 11.5. The van der Waals surface area contributed by atoms with Crippen molar-refractivity contribution in [2.75, 3.05) is 18.8 Å². The molecule has 0 bridgehead atoms. The minimum absolute atomic E-state index is 0.0425. The number of amides is 1. The molecule has 0 aliphatic heterocycles. The smallest absolute Gasteiger partial charge is 0.407 e. The second-order valence-electron chi connectivity index (χ2n) is 3.20. The lowest BCUT2D eigenvalue weighted by atomic mass is 10.5. The highest BCUT2D eigenvalue weighted by Crippen LogP contribution is 1.88. The maximum absolute atomic E-state index is 11.1. The van der Waals surface area contributed by atoms with Gasteiger partial charge in [-0.15, -0.1) is 0 Å². The molecule has 1 amide bonds. The molecule has 0 rings (SSSR count). The molecule has 0 aromatic carbocycles. The zero-order valence-corrected chi connectivity index (χ0v) is 10.1. The first kappa shape index (κ1) is 14.2. The van der Waals surface area contributed by atoms with Crippen molar-refractivity contribution < 1.29 is 17.9 Å². The minimum atomic E-state index is -3.28. The van der Waals surface area contributed by atoms with Gasteiger partial charge in [-0.05, 0) is 13.8 Å². The van der Waals surface area contributed by atoms with Gasteiger partial charge in [0.2, 0.25) is 10.0 Å². The van der Waals surface area contributed by atoms with E-state index in [-0.39, 0.29) is 18.4 Å². The van der Waals surface area contributed by atoms with Crippen LogP contribution in [0.25, 0.3) is 0 Å². The Bertz CT molecular complexity index is 287. The summed E-state index contributed by atoms with van der Waals surface area (Å²) < 4.78 is 29.3. The first-order valence-corrected chi connectivity index (χ1v) is 6.44. The molecule has 0 atom stereocenters. The first-order chi connectivity index (χ1) is 6.87. The molecule has 90 valence electrons. The lowest BCUT2D eigenvalue weighted by molar-refractivity contribution is 0.116. The molecule has 0 heterocycles. The maximum atomic E-state index is 11.1. The van der Waals surface area contributed by atoms with Crippen molar-refractivity contribution in [3.8, 4) is 0 Å². The van der Waals surface area contributed by atoms with E-state index in [0.717, 1.165) is 0 Å². The molecule has 0 aliphatic carbocycles. The number of ether oxygens (including phenoxy) is 1. The van der Waals surface area contributed by atoms with Gasteiger partial charge in [0.25, 0.3) is 0 Å². The lowest BCUT2D eigenvalue weighted by Crippen LogP contribution is -2.35. The van der Waals surface area contributed by atoms with Gasteiger partial charge in [-0.2, -0.15) is 0 Å². The quantitative estimate of drug-likeness (QED) is 0.685. The molecule has 0 aromatic heterocycles. The van der Waals surface area contributed by atoms with E-state index in [1.807, 2.05) is 0 Å². The second kappa shape index (κ2) is 6.62. The van der Waals surface area contributed by atoms with Gasteiger partial charge in [0.15, 0.2) is 0 Å². The summed E-state index contributed by atoms with van der Waals surface area (Å²) in [5.74, 6) is -0.145. The van der Waals surface area contributed by atoms with Crippen LogP contribution < -0.4 is 10.0 Å². The van der Waals surface area contributed by atoms with Crippen LogP contribution in [0.4, 0.5) is 4.79 Å². The summed E-state index contributed by atoms with van der Waals surface area (Å²) in [6, 6.07) is 0. The highest BCUT2D eigenvalue weighted by Gasteiger charge is 2.10. The van der Waals surface area contributed by atoms with E-state index in [1.165, 1.54) is 0 Å². The number of hydrogen-bond acceptors (Lipinski definition) is 4. The number of rotatable bonds is 6. The third-order valence-electron chi connectivity index (χ3n) is 1.35. The van der Waals surface area contributed by atoms with Crippen molar-refractivity contribution in [1.82, 2.24) is 10.0 Å². The number of carbonyl (C=O) groups is 1. The Kier molecular flexibility index (Phi) is 6.26. The summed E-state index contributed by atoms with van der Waals surface area (Å²) in [6.07, 6.45) is -0.813. The summed E-state index contributed by atoms with van der Waals surface area (Å²) in [6.45, 7) is 5.52. The monoisotopic (exact) mass is 238 g/mol. The molecule has 7 heteroatoms. The number of alkyl carbamates (subject to hydrolysis) is 1. The lowest BCUT2D eigenvalue weighted by Gasteiger charge is -2.09. The molecule has 0 fully saturated rings. The van der Waals surface area contributed by atoms with E-state index >= 15 is 0 Å². The van der Waals surface area contributed by atoms with Gasteiger partial charge in [0.05, 0.1) is 11.9 Å². The summed E-state index contributed by atoms with van der Waals surface area (Å²) in [4.78, 5) is 10.9. The van der Waals surface area contributed by atoms with Gasteiger partial charge in [-0.1, -0.05) is 6.92 Å². The standard InChI is InChI=1S/C8H18N2O4S/c1-4-10-15(12,13)6-5-9-8(11)14-7(2)3/h7,10H,4-6H2,1-3H3,(H,9,11). The van der Waals surface area contributed by atoms with Crippen molar-refractivity contribution in [3.63, 3.8) is 0 Å². The van der Waals surface area contributed by atoms with Gasteiger partial charge in [-0.25, -0.2) is 17.9 Å². The number of sulfonamides is 1. The number of nitrogens with one attached hydrogen (secondary N) is 2. The third-order valence-corrected chi connectivity index (χ3v) is 2.82. The summed E-state index contributed by atoms with van der Waals surface area (Å²) in [5, 5.41) is 2.35. The Morgan fingerprint density at radius 2 is 2.00 bits per heavy atom. The van der Waals surface area contributed by atoms with Crippen LogP contribution in [0.2, 0.25) is 0 Å². The molecule has 0 saturated heterocycles. The van der Waals surface area contributed by atoms with Crippen LogP contribution in [-0.2, 0) is 14.8 Å². The molecule has 0 aliphatic rings. The molecule has 0 saturated carbocycles. The zero-order valence-electron chi connectivity index (χ0n) is 9.24. The largest absolute Gasteiger partial charge is 0.447 e. The second-order valence-corrected chi connectivity index (χ2v) is 5.12. The average Bonchev–Trinajstić information content (AvgIpc) is 2.01. The Balaban J connectivity index is 3.75. The number of carbonyl (C=O) groups excluding carboxylic acids is 1. The van der Waals surface area contributed by atoms with Gasteiger partial charge in [0.1, 0.15) is 0 Å². The van der Waals surface area contributed by atoms with Gasteiger partial charge < -0.3 is 10.1 Å². The fraction of sp³-hybridized carbons (Fsp3) is 0.875. The van der Waals surface area contributed by atoms with Crippen LogP contribution in [-0.4, -0.2) is 39.5 Å². The molecule has 6 nitrogen and oxygen atoms in total. The average molecular weight is 238 g/mol. The predicted octanol–water partition coefficient (Wildman–Crippen LogP) is 0.0603. The molecule has 0 unspecified atom stereocenters. The summed E-state index contributed by atoms with van der Waals surface area (Å²) in [5.41, 5.74) is 0. The highest BCUT2D eigenvalue weighted by atomic mass is 32.2. The highest BCUT2D eigenvalue weighted by molar-refractivity contribution is 7.89. The molecule has 15 heavy (non-hydrogen) atoms. The van der Waals surface area contributed by atoms with Crippen LogP contribution >= 0.6 is 0 Å². The minimum Gasteiger partial charge on any atom is -0.447 e. The number of hydrogen-bond donors (Lipinski definition) is 2. The van der Waals surface area contributed by atoms with E-state index < -0.39 is 16.1 Å². The van der Waals surface area contributed by atoms with Crippen LogP contribution in [0.15, 0.2) is 0 Å². The predicted molar refractivity (Wildman–Crippen MR) is 57.1 cm³/mol. The SMILES string of the molecule is CCNS(=O)(=O)CCNC(=O)OC(C)C. The van der Waals surface area contributed by atoms with E-state index in [0.29, 0.717) is 6.54 Å². The van der Waals surface area contributed by atoms with E-state index in [9.17, 15) is 13.2 Å². The van der Waals surface area contributed by atoms with Crippen LogP contribution in [0, 0.1) is 0 Å². The van der Waals surface area contributed by atoms with Crippen LogP contribution in [0.5, 0.6) is 0 Å².